The lowest BCUT2D eigenvalue weighted by molar-refractivity contribution is -0.149. The second-order valence-corrected chi connectivity index (χ2v) is 9.29. The van der Waals surface area contributed by atoms with Crippen molar-refractivity contribution in [3.8, 4) is 0 Å². The lowest BCUT2D eigenvalue weighted by atomic mass is 10.0. The molecular weight excluding hydrogens is 400 g/mol. The molecule has 0 aliphatic heterocycles. The van der Waals surface area contributed by atoms with Crippen LogP contribution in [0.25, 0.3) is 0 Å². The Hall–Kier alpha value is -2.18. The first-order valence-electron chi connectivity index (χ1n) is 8.91. The Morgan fingerprint density at radius 1 is 0.929 bits per heavy atom. The van der Waals surface area contributed by atoms with Gasteiger partial charge in [-0.05, 0) is 29.1 Å². The summed E-state index contributed by atoms with van der Waals surface area (Å²) in [6.07, 6.45) is 0.233. The van der Waals surface area contributed by atoms with Crippen molar-refractivity contribution in [2.24, 2.45) is 11.8 Å². The zero-order valence-electron chi connectivity index (χ0n) is 15.6. The van der Waals surface area contributed by atoms with E-state index >= 15 is 0 Å². The molecule has 2 unspecified atom stereocenters. The Morgan fingerprint density at radius 2 is 1.46 bits per heavy atom. The van der Waals surface area contributed by atoms with Gasteiger partial charge in [0.1, 0.15) is 6.61 Å². The van der Waals surface area contributed by atoms with Gasteiger partial charge in [-0.25, -0.2) is 8.42 Å². The minimum atomic E-state index is -3.68. The molecule has 2 rings (SSSR count). The van der Waals surface area contributed by atoms with Crippen molar-refractivity contribution in [1.82, 2.24) is 0 Å². The standard InChI is InChI=1S/C21H23ClO5S/c1-16(20(22)23)14-28(25,26)15-19(12-17-8-4-2-5-9-17)21(24)27-13-18-10-6-3-7-11-18/h2-11,16,19H,12-15H2,1H3. The molecule has 2 aromatic carbocycles. The van der Waals surface area contributed by atoms with Crippen molar-refractivity contribution >= 4 is 32.6 Å². The molecule has 0 radical (unpaired) electrons. The highest BCUT2D eigenvalue weighted by atomic mass is 35.5. The van der Waals surface area contributed by atoms with E-state index in [4.69, 9.17) is 16.3 Å². The normalized spacial score (nSPS) is 13.5. The summed E-state index contributed by atoms with van der Waals surface area (Å²) < 4.78 is 30.4. The smallest absolute Gasteiger partial charge is 0.310 e. The van der Waals surface area contributed by atoms with Crippen LogP contribution in [0.5, 0.6) is 0 Å². The fourth-order valence-electron chi connectivity index (χ4n) is 2.78. The highest BCUT2D eigenvalue weighted by molar-refractivity contribution is 7.91. The van der Waals surface area contributed by atoms with Gasteiger partial charge in [0, 0.05) is 5.92 Å². The number of hydrogen-bond acceptors (Lipinski definition) is 5. The van der Waals surface area contributed by atoms with Crippen LogP contribution in [0.4, 0.5) is 0 Å². The Morgan fingerprint density at radius 3 is 2.00 bits per heavy atom. The quantitative estimate of drug-likeness (QED) is 0.433. The van der Waals surface area contributed by atoms with E-state index in [1.54, 1.807) is 0 Å². The molecule has 0 aromatic heterocycles. The fraction of sp³-hybridized carbons (Fsp3) is 0.333. The van der Waals surface area contributed by atoms with E-state index in [-0.39, 0.29) is 13.0 Å². The molecule has 0 aliphatic rings. The highest BCUT2D eigenvalue weighted by Gasteiger charge is 2.29. The average molecular weight is 423 g/mol. The molecule has 2 atom stereocenters. The lowest BCUT2D eigenvalue weighted by Gasteiger charge is -2.17. The third-order valence-corrected chi connectivity index (χ3v) is 6.52. The Kier molecular flexibility index (Phi) is 8.20. The van der Waals surface area contributed by atoms with Gasteiger partial charge in [0.15, 0.2) is 9.84 Å². The zero-order valence-corrected chi connectivity index (χ0v) is 17.2. The second-order valence-electron chi connectivity index (χ2n) is 6.76. The molecule has 0 heterocycles. The Balaban J connectivity index is 2.11. The minimum absolute atomic E-state index is 0.0710. The molecule has 7 heteroatoms. The maximum Gasteiger partial charge on any atom is 0.310 e. The number of carbonyl (C=O) groups is 2. The largest absolute Gasteiger partial charge is 0.461 e. The average Bonchev–Trinajstić information content (AvgIpc) is 2.66. The summed E-state index contributed by atoms with van der Waals surface area (Å²) in [5.41, 5.74) is 1.65. The van der Waals surface area contributed by atoms with Gasteiger partial charge in [-0.15, -0.1) is 0 Å². The molecule has 28 heavy (non-hydrogen) atoms. The molecule has 0 amide bonds. The van der Waals surface area contributed by atoms with E-state index in [9.17, 15) is 18.0 Å². The number of ether oxygens (including phenoxy) is 1. The lowest BCUT2D eigenvalue weighted by Crippen LogP contribution is -2.31. The third kappa shape index (κ3) is 7.44. The highest BCUT2D eigenvalue weighted by Crippen LogP contribution is 2.17. The van der Waals surface area contributed by atoms with Crippen LogP contribution in [0, 0.1) is 11.8 Å². The van der Waals surface area contributed by atoms with Gasteiger partial charge in [0.2, 0.25) is 5.24 Å². The van der Waals surface area contributed by atoms with Crippen LogP contribution in [-0.4, -0.2) is 31.1 Å². The molecular formula is C21H23ClO5S. The summed E-state index contributed by atoms with van der Waals surface area (Å²) in [5.74, 6) is -3.07. The molecule has 0 saturated carbocycles. The first-order valence-corrected chi connectivity index (χ1v) is 11.1. The predicted molar refractivity (Wildman–Crippen MR) is 109 cm³/mol. The van der Waals surface area contributed by atoms with Crippen molar-refractivity contribution in [2.45, 2.75) is 20.0 Å². The van der Waals surface area contributed by atoms with Gasteiger partial charge in [-0.2, -0.15) is 0 Å². The minimum Gasteiger partial charge on any atom is -0.461 e. The molecule has 0 spiro atoms. The number of esters is 1. The molecule has 0 N–H and O–H groups in total. The number of benzene rings is 2. The Bertz CT molecular complexity index is 882. The van der Waals surface area contributed by atoms with Gasteiger partial charge in [0.05, 0.1) is 17.4 Å². The molecule has 0 bridgehead atoms. The van der Waals surface area contributed by atoms with Crippen LogP contribution >= 0.6 is 11.6 Å². The maximum absolute atomic E-state index is 12.6. The first-order chi connectivity index (χ1) is 13.3. The Labute approximate surface area is 170 Å². The molecule has 0 saturated heterocycles. The van der Waals surface area contributed by atoms with E-state index in [1.165, 1.54) is 6.92 Å². The van der Waals surface area contributed by atoms with Crippen molar-refractivity contribution in [1.29, 1.82) is 0 Å². The first kappa shape index (κ1) is 22.1. The van der Waals surface area contributed by atoms with Crippen molar-refractivity contribution in [3.05, 3.63) is 71.8 Å². The maximum atomic E-state index is 12.6. The summed E-state index contributed by atoms with van der Waals surface area (Å²) in [6, 6.07) is 18.3. The van der Waals surface area contributed by atoms with Crippen LogP contribution in [0.3, 0.4) is 0 Å². The summed E-state index contributed by atoms with van der Waals surface area (Å²) in [7, 11) is -3.68. The molecule has 2 aromatic rings. The monoisotopic (exact) mass is 422 g/mol. The van der Waals surface area contributed by atoms with E-state index in [0.29, 0.717) is 0 Å². The van der Waals surface area contributed by atoms with Gasteiger partial charge in [-0.1, -0.05) is 67.6 Å². The number of carbonyl (C=O) groups excluding carboxylic acids is 2. The molecule has 5 nitrogen and oxygen atoms in total. The van der Waals surface area contributed by atoms with E-state index in [2.05, 4.69) is 0 Å². The summed E-state index contributed by atoms with van der Waals surface area (Å²) >= 11 is 5.39. The molecule has 0 fully saturated rings. The van der Waals surface area contributed by atoms with Crippen LogP contribution in [0.15, 0.2) is 60.7 Å². The van der Waals surface area contributed by atoms with Gasteiger partial charge >= 0.3 is 5.97 Å². The van der Waals surface area contributed by atoms with Crippen LogP contribution < -0.4 is 0 Å². The number of hydrogen-bond donors (Lipinski definition) is 0. The predicted octanol–water partition coefficient (Wildman–Crippen LogP) is 3.41. The van der Waals surface area contributed by atoms with Crippen molar-refractivity contribution < 1.29 is 22.7 Å². The SMILES string of the molecule is CC(CS(=O)(=O)CC(Cc1ccccc1)C(=O)OCc1ccccc1)C(=O)Cl. The molecule has 150 valence electrons. The summed E-state index contributed by atoms with van der Waals surface area (Å²) in [5, 5.41) is -0.713. The number of sulfone groups is 1. The fourth-order valence-corrected chi connectivity index (χ4v) is 4.86. The van der Waals surface area contributed by atoms with Crippen molar-refractivity contribution in [3.63, 3.8) is 0 Å². The topological polar surface area (TPSA) is 77.5 Å². The van der Waals surface area contributed by atoms with Gasteiger partial charge in [0.25, 0.3) is 0 Å². The number of halogens is 1. The summed E-state index contributed by atoms with van der Waals surface area (Å²) in [4.78, 5) is 23.8. The van der Waals surface area contributed by atoms with Crippen LogP contribution in [0.2, 0.25) is 0 Å². The van der Waals surface area contributed by atoms with E-state index < -0.39 is 44.4 Å². The van der Waals surface area contributed by atoms with E-state index in [0.717, 1.165) is 11.1 Å². The molecule has 0 aliphatic carbocycles. The van der Waals surface area contributed by atoms with Crippen molar-refractivity contribution in [2.75, 3.05) is 11.5 Å². The van der Waals surface area contributed by atoms with Gasteiger partial charge < -0.3 is 4.74 Å². The summed E-state index contributed by atoms with van der Waals surface area (Å²) in [6.45, 7) is 1.52. The third-order valence-electron chi connectivity index (χ3n) is 4.23. The zero-order chi connectivity index (χ0) is 20.6. The van der Waals surface area contributed by atoms with E-state index in [1.807, 2.05) is 60.7 Å². The van der Waals surface area contributed by atoms with Crippen LogP contribution in [0.1, 0.15) is 18.1 Å². The van der Waals surface area contributed by atoms with Gasteiger partial charge in [-0.3, -0.25) is 9.59 Å². The number of rotatable bonds is 10. The second kappa shape index (κ2) is 10.4. The van der Waals surface area contributed by atoms with Crippen LogP contribution in [-0.2, 0) is 37.2 Å².